The summed E-state index contributed by atoms with van der Waals surface area (Å²) in [5.41, 5.74) is 11.2. The molecule has 0 radical (unpaired) electrons. The monoisotopic (exact) mass is 606 g/mol. The van der Waals surface area contributed by atoms with Gasteiger partial charge in [-0.15, -0.1) is 0 Å². The van der Waals surface area contributed by atoms with Gasteiger partial charge in [0, 0.05) is 38.0 Å². The van der Waals surface area contributed by atoms with Gasteiger partial charge in [0.05, 0.1) is 12.8 Å². The summed E-state index contributed by atoms with van der Waals surface area (Å²) in [6.45, 7) is 1.28. The standard InChI is InChI=1S/C36H42N6O3/c1-41(40-35-30-16-7-5-13-27(30)19-21-33(35)43-3)24-23-29-15-10-12-26(11-4-9-18-32(29)44-37)25-39-42(2)36-31-17-8-6-14-28(31)20-22-34(36)45-38/h4-9,12-14,16-23,39-40H,10-11,15,24-25,37-38H2,1-3H3/b9-4+,26-12-,29-23+,32-18+. The Morgan fingerprint density at radius 2 is 1.58 bits per heavy atom. The van der Waals surface area contributed by atoms with Gasteiger partial charge >= 0.3 is 0 Å². The van der Waals surface area contributed by atoms with E-state index >= 15 is 0 Å². The predicted molar refractivity (Wildman–Crippen MR) is 184 cm³/mol. The molecule has 0 saturated carbocycles. The van der Waals surface area contributed by atoms with Gasteiger partial charge in [0.15, 0.2) is 5.75 Å². The Morgan fingerprint density at radius 3 is 2.31 bits per heavy atom. The molecule has 0 bridgehead atoms. The number of nitrogens with zero attached hydrogens (tertiary/aromatic N) is 2. The van der Waals surface area contributed by atoms with Crippen molar-refractivity contribution in [1.29, 1.82) is 0 Å². The molecule has 0 saturated heterocycles. The molecule has 4 aromatic carbocycles. The van der Waals surface area contributed by atoms with Gasteiger partial charge in [-0.3, -0.25) is 0 Å². The molecular formula is C36H42N6O3. The number of likely N-dealkylation sites (N-methyl/N-ethyl adjacent to an activating group) is 1. The number of ether oxygens (including phenoxy) is 1. The van der Waals surface area contributed by atoms with Crippen LogP contribution in [-0.2, 0) is 4.84 Å². The van der Waals surface area contributed by atoms with Crippen LogP contribution in [0.4, 0.5) is 11.4 Å². The molecule has 0 fully saturated rings. The molecular weight excluding hydrogens is 564 g/mol. The molecule has 234 valence electrons. The summed E-state index contributed by atoms with van der Waals surface area (Å²) in [4.78, 5) is 10.5. The number of hydrogen-bond donors (Lipinski definition) is 4. The maximum atomic E-state index is 5.72. The van der Waals surface area contributed by atoms with E-state index in [0.29, 0.717) is 24.6 Å². The van der Waals surface area contributed by atoms with Crippen LogP contribution in [0.25, 0.3) is 21.5 Å². The number of rotatable bonds is 11. The highest BCUT2D eigenvalue weighted by Gasteiger charge is 2.15. The number of fused-ring (bicyclic) bond motifs is 2. The van der Waals surface area contributed by atoms with Crippen molar-refractivity contribution >= 4 is 32.9 Å². The van der Waals surface area contributed by atoms with Crippen molar-refractivity contribution in [1.82, 2.24) is 10.4 Å². The Bertz CT molecular complexity index is 1750. The lowest BCUT2D eigenvalue weighted by Gasteiger charge is -2.25. The Labute approximate surface area is 264 Å². The first-order chi connectivity index (χ1) is 22.0. The van der Waals surface area contributed by atoms with E-state index in [0.717, 1.165) is 63.5 Å². The number of allylic oxidation sites excluding steroid dienone is 5. The molecule has 0 atom stereocenters. The fraction of sp³-hybridized carbons (Fsp3) is 0.222. The van der Waals surface area contributed by atoms with E-state index in [1.54, 1.807) is 7.11 Å². The van der Waals surface area contributed by atoms with Gasteiger partial charge in [0.2, 0.25) is 0 Å². The lowest BCUT2D eigenvalue weighted by molar-refractivity contribution is 0.227. The van der Waals surface area contributed by atoms with E-state index in [1.807, 2.05) is 78.7 Å². The summed E-state index contributed by atoms with van der Waals surface area (Å²) in [7, 11) is 5.67. The van der Waals surface area contributed by atoms with Crippen LogP contribution in [0.5, 0.6) is 11.5 Å². The highest BCUT2D eigenvalue weighted by molar-refractivity contribution is 5.97. The average molecular weight is 607 g/mol. The van der Waals surface area contributed by atoms with Gasteiger partial charge in [0.1, 0.15) is 17.2 Å². The third-order valence-corrected chi connectivity index (χ3v) is 7.95. The highest BCUT2D eigenvalue weighted by Crippen LogP contribution is 2.35. The van der Waals surface area contributed by atoms with Crippen molar-refractivity contribution in [2.45, 2.75) is 19.3 Å². The predicted octanol–water partition coefficient (Wildman–Crippen LogP) is 6.52. The van der Waals surface area contributed by atoms with Gasteiger partial charge in [-0.2, -0.15) is 11.8 Å². The molecule has 1 aliphatic rings. The van der Waals surface area contributed by atoms with Crippen LogP contribution in [0.2, 0.25) is 0 Å². The van der Waals surface area contributed by atoms with Crippen molar-refractivity contribution < 1.29 is 14.4 Å². The van der Waals surface area contributed by atoms with Gasteiger partial charge in [-0.05, 0) is 53.8 Å². The third-order valence-electron chi connectivity index (χ3n) is 7.95. The quantitative estimate of drug-likeness (QED) is 0.112. The number of nitrogens with one attached hydrogen (secondary N) is 2. The Morgan fingerprint density at radius 1 is 0.867 bits per heavy atom. The van der Waals surface area contributed by atoms with E-state index < -0.39 is 0 Å². The molecule has 45 heavy (non-hydrogen) atoms. The van der Waals surface area contributed by atoms with Gasteiger partial charge < -0.3 is 24.8 Å². The Balaban J connectivity index is 1.27. The first-order valence-electron chi connectivity index (χ1n) is 15.0. The van der Waals surface area contributed by atoms with Crippen LogP contribution in [0.1, 0.15) is 19.3 Å². The van der Waals surface area contributed by atoms with Crippen molar-refractivity contribution in [2.75, 3.05) is 44.7 Å². The maximum absolute atomic E-state index is 5.72. The highest BCUT2D eigenvalue weighted by atomic mass is 16.6. The molecule has 9 heteroatoms. The van der Waals surface area contributed by atoms with E-state index in [9.17, 15) is 0 Å². The zero-order valence-electron chi connectivity index (χ0n) is 26.1. The number of anilines is 2. The minimum Gasteiger partial charge on any atom is -0.495 e. The third kappa shape index (κ3) is 7.65. The zero-order valence-corrected chi connectivity index (χ0v) is 26.1. The summed E-state index contributed by atoms with van der Waals surface area (Å²) < 4.78 is 5.66. The van der Waals surface area contributed by atoms with Gasteiger partial charge in [-0.25, -0.2) is 10.4 Å². The fourth-order valence-corrected chi connectivity index (χ4v) is 5.58. The molecule has 0 heterocycles. The van der Waals surface area contributed by atoms with Crippen LogP contribution in [-0.4, -0.2) is 39.3 Å². The number of hydrogen-bond acceptors (Lipinski definition) is 9. The Kier molecular flexibility index (Phi) is 10.7. The number of hydrazine groups is 2. The number of benzene rings is 4. The lowest BCUT2D eigenvalue weighted by Crippen LogP contribution is -2.36. The van der Waals surface area contributed by atoms with Crippen molar-refractivity contribution in [3.8, 4) is 11.5 Å². The first-order valence-corrected chi connectivity index (χ1v) is 15.0. The van der Waals surface area contributed by atoms with Crippen LogP contribution in [0.3, 0.4) is 0 Å². The van der Waals surface area contributed by atoms with E-state index in [2.05, 4.69) is 59.4 Å². The molecule has 4 aromatic rings. The van der Waals surface area contributed by atoms with Gasteiger partial charge in [-0.1, -0.05) is 90.5 Å². The average Bonchev–Trinajstić information content (AvgIpc) is 3.08. The molecule has 5 rings (SSSR count). The van der Waals surface area contributed by atoms with E-state index in [1.165, 1.54) is 5.57 Å². The van der Waals surface area contributed by atoms with Crippen molar-refractivity contribution in [2.24, 2.45) is 11.8 Å². The maximum Gasteiger partial charge on any atom is 0.172 e. The summed E-state index contributed by atoms with van der Waals surface area (Å²) in [5.74, 6) is 13.4. The molecule has 1 aliphatic carbocycles. The number of methoxy groups -OCH3 is 1. The molecule has 0 aromatic heterocycles. The summed E-state index contributed by atoms with van der Waals surface area (Å²) in [6.07, 6.45) is 12.9. The topological polar surface area (TPSA) is 110 Å². The van der Waals surface area contributed by atoms with Crippen LogP contribution >= 0.6 is 0 Å². The summed E-state index contributed by atoms with van der Waals surface area (Å²) in [6, 6.07) is 24.4. The molecule has 0 amide bonds. The molecule has 6 N–H and O–H groups in total. The summed E-state index contributed by atoms with van der Waals surface area (Å²) >= 11 is 0. The second-order valence-electron chi connectivity index (χ2n) is 10.9. The molecule has 0 spiro atoms. The zero-order chi connectivity index (χ0) is 31.6. The molecule has 0 unspecified atom stereocenters. The van der Waals surface area contributed by atoms with Crippen LogP contribution in [0, 0.1) is 0 Å². The van der Waals surface area contributed by atoms with Crippen molar-refractivity contribution in [3.63, 3.8) is 0 Å². The van der Waals surface area contributed by atoms with Crippen LogP contribution < -0.4 is 37.2 Å². The largest absolute Gasteiger partial charge is 0.495 e. The number of nitrogens with two attached hydrogens (primary N) is 2. The van der Waals surface area contributed by atoms with Gasteiger partial charge in [0.25, 0.3) is 0 Å². The van der Waals surface area contributed by atoms with Crippen molar-refractivity contribution in [3.05, 3.63) is 120 Å². The first kappa shape index (κ1) is 31.6. The molecule has 9 nitrogen and oxygen atoms in total. The minimum atomic E-state index is 0.608. The summed E-state index contributed by atoms with van der Waals surface area (Å²) in [5, 5.41) is 8.41. The Hall–Kier alpha value is -4.80. The lowest BCUT2D eigenvalue weighted by atomic mass is 10.0. The smallest absolute Gasteiger partial charge is 0.172 e. The normalized spacial score (nSPS) is 17.8. The van der Waals surface area contributed by atoms with Crippen LogP contribution in [0.15, 0.2) is 120 Å². The second kappa shape index (κ2) is 15.3. The van der Waals surface area contributed by atoms with E-state index in [4.69, 9.17) is 26.2 Å². The second-order valence-corrected chi connectivity index (χ2v) is 10.9. The SMILES string of the molecule is COc1ccc2ccccc2c1NN(C)C/C=C1CC/C=C(\CNN(C)c2c(ON)ccc3ccccc23)C/C=C/C=C\1ON. The fourth-order valence-electron chi connectivity index (χ4n) is 5.58. The molecule has 0 aliphatic heterocycles. The van der Waals surface area contributed by atoms with E-state index in [-0.39, 0.29) is 0 Å². The minimum absolute atomic E-state index is 0.608.